The summed E-state index contributed by atoms with van der Waals surface area (Å²) in [6.07, 6.45) is 1.25. The van der Waals surface area contributed by atoms with Crippen LogP contribution in [0.2, 0.25) is 0 Å². The molecule has 160 valence electrons. The molecule has 2 rings (SSSR count). The van der Waals surface area contributed by atoms with Crippen molar-refractivity contribution in [1.82, 2.24) is 20.9 Å². The highest BCUT2D eigenvalue weighted by Crippen LogP contribution is 2.18. The molecule has 7 nitrogen and oxygen atoms in total. The Balaban J connectivity index is 1.66. The van der Waals surface area contributed by atoms with Crippen LogP contribution in [0.3, 0.4) is 0 Å². The van der Waals surface area contributed by atoms with Gasteiger partial charge in [-0.15, -0.1) is 0 Å². The molecule has 0 bridgehead atoms. The van der Waals surface area contributed by atoms with Crippen LogP contribution in [0.5, 0.6) is 0 Å². The summed E-state index contributed by atoms with van der Waals surface area (Å²) in [7, 11) is 0. The van der Waals surface area contributed by atoms with Gasteiger partial charge in [0.1, 0.15) is 5.82 Å². The highest BCUT2D eigenvalue weighted by molar-refractivity contribution is 5.84. The van der Waals surface area contributed by atoms with Crippen molar-refractivity contribution in [3.05, 3.63) is 35.6 Å². The SMILES string of the molecule is CC(C)C(C)NC(=O)C1CCN(C(=O)CNC(=O)NCc2ccc(F)cc2)CC1. The molecule has 1 heterocycles. The van der Waals surface area contributed by atoms with Gasteiger partial charge in [-0.1, -0.05) is 26.0 Å². The molecule has 1 saturated heterocycles. The Labute approximate surface area is 171 Å². The summed E-state index contributed by atoms with van der Waals surface area (Å²) in [4.78, 5) is 38.1. The maximum atomic E-state index is 12.9. The molecule has 0 aromatic heterocycles. The van der Waals surface area contributed by atoms with E-state index in [1.54, 1.807) is 17.0 Å². The number of hydrogen-bond donors (Lipinski definition) is 3. The van der Waals surface area contributed by atoms with Gasteiger partial charge in [0.25, 0.3) is 0 Å². The Kier molecular flexibility index (Phi) is 8.42. The number of likely N-dealkylation sites (tertiary alicyclic amines) is 1. The second-order valence-electron chi connectivity index (χ2n) is 7.86. The fraction of sp³-hybridized carbons (Fsp3) is 0.571. The quantitative estimate of drug-likeness (QED) is 0.647. The lowest BCUT2D eigenvalue weighted by Crippen LogP contribution is -2.48. The number of carbonyl (C=O) groups is 3. The van der Waals surface area contributed by atoms with Gasteiger partial charge in [-0.25, -0.2) is 9.18 Å². The van der Waals surface area contributed by atoms with E-state index in [1.165, 1.54) is 12.1 Å². The van der Waals surface area contributed by atoms with Crippen molar-refractivity contribution in [2.75, 3.05) is 19.6 Å². The third-order valence-electron chi connectivity index (χ3n) is 5.35. The number of rotatable bonds is 7. The normalized spacial score (nSPS) is 15.7. The zero-order valence-electron chi connectivity index (χ0n) is 17.3. The van der Waals surface area contributed by atoms with Crippen molar-refractivity contribution in [3.8, 4) is 0 Å². The van der Waals surface area contributed by atoms with Crippen molar-refractivity contribution in [1.29, 1.82) is 0 Å². The lowest BCUT2D eigenvalue weighted by molar-refractivity contribution is -0.135. The van der Waals surface area contributed by atoms with Crippen LogP contribution in [0.4, 0.5) is 9.18 Å². The van der Waals surface area contributed by atoms with E-state index in [0.29, 0.717) is 31.8 Å². The summed E-state index contributed by atoms with van der Waals surface area (Å²) >= 11 is 0. The number of carbonyl (C=O) groups excluding carboxylic acids is 3. The first-order valence-electron chi connectivity index (χ1n) is 10.1. The maximum Gasteiger partial charge on any atom is 0.315 e. The Morgan fingerprint density at radius 2 is 1.69 bits per heavy atom. The van der Waals surface area contributed by atoms with Gasteiger partial charge in [0.15, 0.2) is 0 Å². The molecule has 0 saturated carbocycles. The monoisotopic (exact) mass is 406 g/mol. The lowest BCUT2D eigenvalue weighted by atomic mass is 9.94. The Hall–Kier alpha value is -2.64. The van der Waals surface area contributed by atoms with E-state index in [1.807, 2.05) is 6.92 Å². The van der Waals surface area contributed by atoms with Crippen LogP contribution in [0.25, 0.3) is 0 Å². The van der Waals surface area contributed by atoms with Gasteiger partial charge in [0.05, 0.1) is 6.54 Å². The van der Waals surface area contributed by atoms with E-state index in [9.17, 15) is 18.8 Å². The molecule has 1 aliphatic rings. The molecule has 1 fully saturated rings. The molecule has 0 radical (unpaired) electrons. The molecule has 8 heteroatoms. The number of nitrogens with one attached hydrogen (secondary N) is 3. The number of amides is 4. The number of nitrogens with zero attached hydrogens (tertiary/aromatic N) is 1. The summed E-state index contributed by atoms with van der Waals surface area (Å²) in [5, 5.41) is 8.20. The van der Waals surface area contributed by atoms with Crippen molar-refractivity contribution in [2.24, 2.45) is 11.8 Å². The Bertz CT molecular complexity index is 700. The molecule has 0 spiro atoms. The van der Waals surface area contributed by atoms with E-state index >= 15 is 0 Å². The number of urea groups is 1. The molecule has 1 aromatic carbocycles. The zero-order valence-corrected chi connectivity index (χ0v) is 17.3. The van der Waals surface area contributed by atoms with Crippen LogP contribution in [0.15, 0.2) is 24.3 Å². The van der Waals surface area contributed by atoms with Gasteiger partial charge in [-0.05, 0) is 43.4 Å². The van der Waals surface area contributed by atoms with Crippen LogP contribution < -0.4 is 16.0 Å². The molecule has 1 aromatic rings. The van der Waals surface area contributed by atoms with Crippen LogP contribution in [0, 0.1) is 17.7 Å². The van der Waals surface area contributed by atoms with Gasteiger partial charge in [0.2, 0.25) is 11.8 Å². The summed E-state index contributed by atoms with van der Waals surface area (Å²) in [5.41, 5.74) is 0.764. The van der Waals surface area contributed by atoms with Crippen molar-refractivity contribution in [3.63, 3.8) is 0 Å². The highest BCUT2D eigenvalue weighted by Gasteiger charge is 2.28. The average Bonchev–Trinajstić information content (AvgIpc) is 2.71. The second-order valence-corrected chi connectivity index (χ2v) is 7.86. The molecule has 1 aliphatic heterocycles. The van der Waals surface area contributed by atoms with Crippen LogP contribution in [-0.4, -0.2) is 48.4 Å². The average molecular weight is 407 g/mol. The van der Waals surface area contributed by atoms with Gasteiger partial charge < -0.3 is 20.9 Å². The predicted octanol–water partition coefficient (Wildman–Crippen LogP) is 2.02. The largest absolute Gasteiger partial charge is 0.353 e. The molecule has 4 amide bonds. The topological polar surface area (TPSA) is 90.5 Å². The molecular weight excluding hydrogens is 375 g/mol. The first-order chi connectivity index (χ1) is 13.8. The predicted molar refractivity (Wildman–Crippen MR) is 108 cm³/mol. The summed E-state index contributed by atoms with van der Waals surface area (Å²) in [6, 6.07) is 5.49. The van der Waals surface area contributed by atoms with Crippen LogP contribution in [0.1, 0.15) is 39.2 Å². The zero-order chi connectivity index (χ0) is 21.4. The summed E-state index contributed by atoms with van der Waals surface area (Å²) < 4.78 is 12.9. The molecular formula is C21H31FN4O3. The Morgan fingerprint density at radius 3 is 2.28 bits per heavy atom. The van der Waals surface area contributed by atoms with E-state index in [-0.39, 0.29) is 42.7 Å². The number of piperidine rings is 1. The van der Waals surface area contributed by atoms with Crippen molar-refractivity contribution in [2.45, 2.75) is 46.2 Å². The maximum absolute atomic E-state index is 12.9. The second kappa shape index (κ2) is 10.8. The third-order valence-corrected chi connectivity index (χ3v) is 5.35. The summed E-state index contributed by atoms with van der Waals surface area (Å²) in [5.74, 6) is -0.152. The van der Waals surface area contributed by atoms with E-state index in [0.717, 1.165) is 5.56 Å². The van der Waals surface area contributed by atoms with E-state index < -0.39 is 6.03 Å². The minimum Gasteiger partial charge on any atom is -0.353 e. The Morgan fingerprint density at radius 1 is 1.07 bits per heavy atom. The standard InChI is InChI=1S/C21H31FN4O3/c1-14(2)15(3)25-20(28)17-8-10-26(11-9-17)19(27)13-24-21(29)23-12-16-4-6-18(22)7-5-16/h4-7,14-15,17H,8-13H2,1-3H3,(H,25,28)(H2,23,24,29). The first kappa shape index (κ1) is 22.6. The van der Waals surface area contributed by atoms with Gasteiger partial charge in [-0.2, -0.15) is 0 Å². The number of benzene rings is 1. The number of hydrogen-bond acceptors (Lipinski definition) is 3. The highest BCUT2D eigenvalue weighted by atomic mass is 19.1. The number of halogens is 1. The molecule has 1 atom stereocenters. The minimum absolute atomic E-state index is 0.0524. The minimum atomic E-state index is -0.459. The fourth-order valence-electron chi connectivity index (χ4n) is 3.01. The van der Waals surface area contributed by atoms with Crippen molar-refractivity contribution >= 4 is 17.8 Å². The van der Waals surface area contributed by atoms with Gasteiger partial charge in [0, 0.05) is 31.6 Å². The molecule has 1 unspecified atom stereocenters. The van der Waals surface area contributed by atoms with Crippen molar-refractivity contribution < 1.29 is 18.8 Å². The van der Waals surface area contributed by atoms with Crippen LogP contribution in [-0.2, 0) is 16.1 Å². The lowest BCUT2D eigenvalue weighted by Gasteiger charge is -2.32. The van der Waals surface area contributed by atoms with E-state index in [4.69, 9.17) is 0 Å². The fourth-order valence-corrected chi connectivity index (χ4v) is 3.01. The van der Waals surface area contributed by atoms with Crippen LogP contribution >= 0.6 is 0 Å². The summed E-state index contributed by atoms with van der Waals surface area (Å²) in [6.45, 7) is 7.28. The van der Waals surface area contributed by atoms with E-state index in [2.05, 4.69) is 29.8 Å². The van der Waals surface area contributed by atoms with Gasteiger partial charge >= 0.3 is 6.03 Å². The van der Waals surface area contributed by atoms with Gasteiger partial charge in [-0.3, -0.25) is 9.59 Å². The third kappa shape index (κ3) is 7.36. The molecule has 3 N–H and O–H groups in total. The molecule has 0 aliphatic carbocycles. The smallest absolute Gasteiger partial charge is 0.315 e. The molecule has 29 heavy (non-hydrogen) atoms. The first-order valence-corrected chi connectivity index (χ1v) is 10.1.